The van der Waals surface area contributed by atoms with E-state index in [1.165, 1.54) is 0 Å². The van der Waals surface area contributed by atoms with Crippen LogP contribution in [0.25, 0.3) is 0 Å². The van der Waals surface area contributed by atoms with Crippen LogP contribution in [-0.2, 0) is 23.3 Å². The van der Waals surface area contributed by atoms with Gasteiger partial charge in [-0.1, -0.05) is 40.9 Å². The maximum absolute atomic E-state index is 14.6. The molecule has 1 aliphatic heterocycles. The lowest BCUT2D eigenvalue weighted by Gasteiger charge is -2.33. The number of oxime groups is 1. The van der Waals surface area contributed by atoms with Gasteiger partial charge in [-0.25, -0.2) is 4.39 Å². The lowest BCUT2D eigenvalue weighted by Crippen LogP contribution is -2.42. The van der Waals surface area contributed by atoms with Crippen molar-refractivity contribution in [2.75, 3.05) is 0 Å². The third-order valence-electron chi connectivity index (χ3n) is 8.90. The highest BCUT2D eigenvalue weighted by Crippen LogP contribution is 2.51. The first-order chi connectivity index (χ1) is 21.1. The van der Waals surface area contributed by atoms with Crippen LogP contribution >= 0.6 is 34.5 Å². The number of thiophene rings is 1. The molecule has 1 saturated carbocycles. The zero-order valence-electron chi connectivity index (χ0n) is 24.2. The predicted molar refractivity (Wildman–Crippen MR) is 160 cm³/mol. The topological polar surface area (TPSA) is 50.7 Å². The second-order valence-electron chi connectivity index (χ2n) is 11.8. The van der Waals surface area contributed by atoms with E-state index in [1.54, 1.807) is 0 Å². The first-order valence-electron chi connectivity index (χ1n) is 14.8. The molecular formula is C31H31Cl2F7N2O2S. The van der Waals surface area contributed by atoms with Crippen LogP contribution < -0.4 is 5.32 Å². The first kappa shape index (κ1) is 34.0. The minimum atomic E-state index is -4.97. The summed E-state index contributed by atoms with van der Waals surface area (Å²) in [5, 5.41) is 5.77. The number of carbonyl (C=O) groups excluding carboxylic acids is 1. The Hall–Kier alpha value is -2.31. The van der Waals surface area contributed by atoms with Crippen molar-refractivity contribution in [1.29, 1.82) is 0 Å². The van der Waals surface area contributed by atoms with E-state index in [2.05, 4.69) is 10.5 Å². The van der Waals surface area contributed by atoms with E-state index in [0.29, 0.717) is 35.4 Å². The van der Waals surface area contributed by atoms with Gasteiger partial charge >= 0.3 is 12.4 Å². The molecule has 1 amide bonds. The molecule has 1 aromatic carbocycles. The van der Waals surface area contributed by atoms with Crippen molar-refractivity contribution in [1.82, 2.24) is 5.32 Å². The molecular weight excluding hydrogens is 668 g/mol. The van der Waals surface area contributed by atoms with Crippen LogP contribution in [0.5, 0.6) is 0 Å². The second-order valence-corrected chi connectivity index (χ2v) is 13.6. The van der Waals surface area contributed by atoms with Crippen LogP contribution in [0.2, 0.25) is 10.0 Å². The molecule has 3 aliphatic rings. The van der Waals surface area contributed by atoms with Gasteiger partial charge in [-0.3, -0.25) is 4.79 Å². The normalized spacial score (nSPS) is 24.8. The SMILES string of the molecule is C/C=C1\C(CCCC(F)(F)F)CCCC1NC(=O)c1sc(C2=NOC(c3cc(Cl)c(F)c(Cl)c3)(C(F)(F)F)C2)c2c1CCCC2. The van der Waals surface area contributed by atoms with Gasteiger partial charge in [-0.2, -0.15) is 26.3 Å². The molecule has 4 nitrogen and oxygen atoms in total. The molecule has 2 heterocycles. The summed E-state index contributed by atoms with van der Waals surface area (Å²) in [6.45, 7) is 1.81. The molecule has 3 atom stereocenters. The fourth-order valence-electron chi connectivity index (χ4n) is 6.72. The number of halogens is 9. The number of benzene rings is 1. The Morgan fingerprint density at radius 2 is 1.76 bits per heavy atom. The quantitative estimate of drug-likeness (QED) is 0.178. The summed E-state index contributed by atoms with van der Waals surface area (Å²) < 4.78 is 96.2. The van der Waals surface area contributed by atoms with Crippen LogP contribution in [0.3, 0.4) is 0 Å². The monoisotopic (exact) mass is 698 g/mol. The molecule has 0 radical (unpaired) electrons. The van der Waals surface area contributed by atoms with Gasteiger partial charge in [0.25, 0.3) is 11.5 Å². The van der Waals surface area contributed by atoms with E-state index in [9.17, 15) is 35.5 Å². The zero-order chi connectivity index (χ0) is 32.7. The Morgan fingerprint density at radius 1 is 1.09 bits per heavy atom. The Morgan fingerprint density at radius 3 is 2.38 bits per heavy atom. The summed E-state index contributed by atoms with van der Waals surface area (Å²) in [5.74, 6) is -1.49. The van der Waals surface area contributed by atoms with Gasteiger partial charge in [-0.15, -0.1) is 11.3 Å². The summed E-state index contributed by atoms with van der Waals surface area (Å²) in [4.78, 5) is 19.7. The zero-order valence-corrected chi connectivity index (χ0v) is 26.6. The van der Waals surface area contributed by atoms with Gasteiger partial charge in [0.05, 0.1) is 32.3 Å². The van der Waals surface area contributed by atoms with E-state index in [-0.39, 0.29) is 30.0 Å². The van der Waals surface area contributed by atoms with E-state index in [4.69, 9.17) is 28.0 Å². The summed E-state index contributed by atoms with van der Waals surface area (Å²) in [7, 11) is 0. The number of nitrogens with zero attached hydrogens (tertiary/aromatic N) is 1. The van der Waals surface area contributed by atoms with Gasteiger partial charge in [0, 0.05) is 12.0 Å². The Labute approximate surface area is 270 Å². The average molecular weight is 700 g/mol. The Bertz CT molecular complexity index is 1500. The molecule has 14 heteroatoms. The number of rotatable bonds is 7. The molecule has 5 rings (SSSR count). The van der Waals surface area contributed by atoms with Crippen LogP contribution in [0.1, 0.15) is 96.0 Å². The minimum Gasteiger partial charge on any atom is -0.374 e. The van der Waals surface area contributed by atoms with Gasteiger partial charge in [0.15, 0.2) is 5.82 Å². The number of nitrogens with one attached hydrogen (secondary N) is 1. The summed E-state index contributed by atoms with van der Waals surface area (Å²) in [5.41, 5.74) is -1.01. The van der Waals surface area contributed by atoms with Crippen molar-refractivity contribution in [3.8, 4) is 0 Å². The molecule has 1 aromatic heterocycles. The summed E-state index contributed by atoms with van der Waals surface area (Å²) >= 11 is 12.7. The third-order valence-corrected chi connectivity index (χ3v) is 10.8. The fraction of sp³-hybridized carbons (Fsp3) is 0.548. The van der Waals surface area contributed by atoms with E-state index in [0.717, 1.165) is 65.9 Å². The Balaban J connectivity index is 1.40. The lowest BCUT2D eigenvalue weighted by molar-refractivity contribution is -0.275. The van der Waals surface area contributed by atoms with Crippen LogP contribution in [0, 0.1) is 11.7 Å². The fourth-order valence-corrected chi connectivity index (χ4v) is 8.49. The molecule has 3 unspecified atom stereocenters. The van der Waals surface area contributed by atoms with Crippen molar-refractivity contribution in [2.24, 2.45) is 11.1 Å². The van der Waals surface area contributed by atoms with Gasteiger partial charge < -0.3 is 10.2 Å². The number of hydrogen-bond acceptors (Lipinski definition) is 4. The largest absolute Gasteiger partial charge is 0.435 e. The predicted octanol–water partition coefficient (Wildman–Crippen LogP) is 10.2. The molecule has 0 bridgehead atoms. The smallest absolute Gasteiger partial charge is 0.374 e. The van der Waals surface area contributed by atoms with E-state index < -0.39 is 52.2 Å². The molecule has 2 aliphatic carbocycles. The van der Waals surface area contributed by atoms with Gasteiger partial charge in [-0.05, 0) is 93.0 Å². The number of amides is 1. The number of hydrogen-bond donors (Lipinski definition) is 1. The Kier molecular flexibility index (Phi) is 9.88. The van der Waals surface area contributed by atoms with Crippen molar-refractivity contribution in [3.05, 3.63) is 66.1 Å². The van der Waals surface area contributed by atoms with E-state index in [1.807, 2.05) is 13.0 Å². The molecule has 45 heavy (non-hydrogen) atoms. The lowest BCUT2D eigenvalue weighted by atomic mass is 9.78. The third kappa shape index (κ3) is 6.88. The molecule has 0 spiro atoms. The standard InChI is InChI=1S/C31H31Cl2F7N2O2S/c1-2-18-16(8-6-12-30(35,36)37)7-5-11-23(18)41-28(43)27-20-10-4-3-9-19(20)26(45-27)24-15-29(44-42-24,31(38,39)40)17-13-21(32)25(34)22(33)14-17/h2,13-14,16,23H,3-12,15H2,1H3,(H,41,43)/b18-2+. The van der Waals surface area contributed by atoms with Crippen molar-refractivity contribution in [2.45, 2.75) is 102 Å². The minimum absolute atomic E-state index is 0.00783. The first-order valence-corrected chi connectivity index (χ1v) is 16.4. The number of carbonyl (C=O) groups is 1. The maximum atomic E-state index is 14.6. The average Bonchev–Trinajstić information content (AvgIpc) is 3.58. The maximum Gasteiger partial charge on any atom is 0.435 e. The summed E-state index contributed by atoms with van der Waals surface area (Å²) in [6.07, 6.45) is -3.70. The highest BCUT2D eigenvalue weighted by molar-refractivity contribution is 7.16. The summed E-state index contributed by atoms with van der Waals surface area (Å²) in [6, 6.07) is 1.31. The van der Waals surface area contributed by atoms with Crippen LogP contribution in [-0.4, -0.2) is 30.0 Å². The van der Waals surface area contributed by atoms with Crippen molar-refractivity contribution >= 4 is 46.2 Å². The second kappa shape index (κ2) is 13.1. The van der Waals surface area contributed by atoms with E-state index >= 15 is 0 Å². The molecule has 246 valence electrons. The van der Waals surface area contributed by atoms with Crippen molar-refractivity contribution in [3.63, 3.8) is 0 Å². The highest BCUT2D eigenvalue weighted by atomic mass is 35.5. The number of allylic oxidation sites excluding steroid dienone is 1. The molecule has 2 aromatic rings. The highest BCUT2D eigenvalue weighted by Gasteiger charge is 2.63. The van der Waals surface area contributed by atoms with Gasteiger partial charge in [0.1, 0.15) is 5.71 Å². The van der Waals surface area contributed by atoms with Crippen molar-refractivity contribution < 1.29 is 40.4 Å². The number of alkyl halides is 6. The molecule has 1 N–H and O–H groups in total. The number of fused-ring (bicyclic) bond motifs is 1. The molecule has 1 fully saturated rings. The van der Waals surface area contributed by atoms with Crippen LogP contribution in [0.4, 0.5) is 30.7 Å². The molecule has 0 saturated heterocycles. The van der Waals surface area contributed by atoms with Gasteiger partial charge in [0.2, 0.25) is 0 Å². The van der Waals surface area contributed by atoms with Crippen LogP contribution in [0.15, 0.2) is 28.9 Å².